The number of carbonyl (C=O) groups is 1. The van der Waals surface area contributed by atoms with Gasteiger partial charge in [-0.3, -0.25) is 0 Å². The molecular formula is C17H16O4. The lowest BCUT2D eigenvalue weighted by Gasteiger charge is -2.25. The van der Waals surface area contributed by atoms with Gasteiger partial charge in [-0.05, 0) is 37.1 Å². The van der Waals surface area contributed by atoms with Gasteiger partial charge in [-0.15, -0.1) is 0 Å². The second-order valence-electron chi connectivity index (χ2n) is 5.01. The molecule has 0 N–H and O–H groups in total. The average Bonchev–Trinajstić information content (AvgIpc) is 2.50. The van der Waals surface area contributed by atoms with E-state index in [2.05, 4.69) is 0 Å². The van der Waals surface area contributed by atoms with Gasteiger partial charge in [0.05, 0.1) is 0 Å². The Morgan fingerprint density at radius 2 is 1.71 bits per heavy atom. The molecule has 2 aromatic rings. The zero-order chi connectivity index (χ0) is 14.8. The Morgan fingerprint density at radius 1 is 1.05 bits per heavy atom. The van der Waals surface area contributed by atoms with Crippen LogP contribution in [0, 0.1) is 13.8 Å². The highest BCUT2D eigenvalue weighted by Gasteiger charge is 2.29. The van der Waals surface area contributed by atoms with E-state index >= 15 is 0 Å². The molecule has 0 saturated heterocycles. The molecule has 1 aliphatic rings. The molecule has 0 amide bonds. The molecule has 0 radical (unpaired) electrons. The molecule has 2 aromatic carbocycles. The average molecular weight is 284 g/mol. The van der Waals surface area contributed by atoms with Crippen molar-refractivity contribution in [2.75, 3.05) is 6.61 Å². The quantitative estimate of drug-likeness (QED) is 0.628. The van der Waals surface area contributed by atoms with Crippen molar-refractivity contribution in [1.82, 2.24) is 0 Å². The predicted octanol–water partition coefficient (Wildman–Crippen LogP) is 3.05. The molecule has 1 heterocycles. The number of benzene rings is 2. The second-order valence-corrected chi connectivity index (χ2v) is 5.01. The second kappa shape index (κ2) is 5.48. The van der Waals surface area contributed by atoms with Crippen LogP contribution in [0.4, 0.5) is 0 Å². The molecule has 0 aromatic heterocycles. The molecule has 0 aliphatic carbocycles. The Hall–Kier alpha value is -2.49. The van der Waals surface area contributed by atoms with Crippen LogP contribution in [0.5, 0.6) is 17.2 Å². The third-order valence-electron chi connectivity index (χ3n) is 3.38. The summed E-state index contributed by atoms with van der Waals surface area (Å²) in [5, 5.41) is 0. The zero-order valence-corrected chi connectivity index (χ0v) is 12.0. The summed E-state index contributed by atoms with van der Waals surface area (Å²) in [5.74, 6) is 1.35. The highest BCUT2D eigenvalue weighted by molar-refractivity contribution is 5.79. The van der Waals surface area contributed by atoms with Gasteiger partial charge in [0.15, 0.2) is 11.5 Å². The summed E-state index contributed by atoms with van der Waals surface area (Å²) in [4.78, 5) is 12.3. The van der Waals surface area contributed by atoms with Gasteiger partial charge in [-0.25, -0.2) is 4.79 Å². The first-order valence-electron chi connectivity index (χ1n) is 6.81. The smallest absolute Gasteiger partial charge is 0.356 e. The van der Waals surface area contributed by atoms with E-state index in [0.29, 0.717) is 17.2 Å². The molecule has 108 valence electrons. The largest absolute Gasteiger partial charge is 0.485 e. The van der Waals surface area contributed by atoms with Crippen molar-refractivity contribution in [2.24, 2.45) is 0 Å². The van der Waals surface area contributed by atoms with Crippen molar-refractivity contribution in [3.8, 4) is 17.2 Å². The monoisotopic (exact) mass is 284 g/mol. The summed E-state index contributed by atoms with van der Waals surface area (Å²) in [6, 6.07) is 13.0. The maximum Gasteiger partial charge on any atom is 0.356 e. The van der Waals surface area contributed by atoms with E-state index in [1.807, 2.05) is 50.2 Å². The van der Waals surface area contributed by atoms with Crippen molar-refractivity contribution in [3.63, 3.8) is 0 Å². The van der Waals surface area contributed by atoms with Crippen LogP contribution in [0.2, 0.25) is 0 Å². The predicted molar refractivity (Wildman–Crippen MR) is 77.9 cm³/mol. The Balaban J connectivity index is 1.76. The number of hydrogen-bond acceptors (Lipinski definition) is 4. The lowest BCUT2D eigenvalue weighted by molar-refractivity contribution is -0.144. The number of para-hydroxylation sites is 3. The van der Waals surface area contributed by atoms with Gasteiger partial charge >= 0.3 is 5.97 Å². The van der Waals surface area contributed by atoms with Gasteiger partial charge in [0, 0.05) is 0 Å². The molecule has 0 saturated carbocycles. The summed E-state index contributed by atoms with van der Waals surface area (Å²) >= 11 is 0. The van der Waals surface area contributed by atoms with Crippen molar-refractivity contribution in [3.05, 3.63) is 53.6 Å². The first-order valence-corrected chi connectivity index (χ1v) is 6.81. The molecule has 1 aliphatic heterocycles. The fourth-order valence-electron chi connectivity index (χ4n) is 2.26. The molecule has 4 heteroatoms. The molecule has 0 bridgehead atoms. The fraction of sp³-hybridized carbons (Fsp3) is 0.235. The van der Waals surface area contributed by atoms with Gasteiger partial charge < -0.3 is 14.2 Å². The van der Waals surface area contributed by atoms with Crippen LogP contribution >= 0.6 is 0 Å². The Morgan fingerprint density at radius 3 is 2.43 bits per heavy atom. The van der Waals surface area contributed by atoms with Crippen LogP contribution in [0.25, 0.3) is 0 Å². The molecule has 4 nitrogen and oxygen atoms in total. The van der Waals surface area contributed by atoms with Crippen molar-refractivity contribution >= 4 is 5.97 Å². The van der Waals surface area contributed by atoms with E-state index in [4.69, 9.17) is 14.2 Å². The summed E-state index contributed by atoms with van der Waals surface area (Å²) in [5.41, 5.74) is 1.83. The fourth-order valence-corrected chi connectivity index (χ4v) is 2.26. The molecule has 0 fully saturated rings. The zero-order valence-electron chi connectivity index (χ0n) is 12.0. The van der Waals surface area contributed by atoms with E-state index in [1.54, 1.807) is 6.07 Å². The van der Waals surface area contributed by atoms with Crippen LogP contribution in [0.3, 0.4) is 0 Å². The topological polar surface area (TPSA) is 44.8 Å². The van der Waals surface area contributed by atoms with E-state index in [-0.39, 0.29) is 6.61 Å². The Bertz CT molecular complexity index is 658. The van der Waals surface area contributed by atoms with E-state index in [1.165, 1.54) is 0 Å². The van der Waals surface area contributed by atoms with Gasteiger partial charge in [0.2, 0.25) is 6.10 Å². The summed E-state index contributed by atoms with van der Waals surface area (Å²) in [6.07, 6.45) is -0.751. The van der Waals surface area contributed by atoms with Gasteiger partial charge in [-0.1, -0.05) is 30.3 Å². The lowest BCUT2D eigenvalue weighted by Crippen LogP contribution is -2.39. The van der Waals surface area contributed by atoms with Crippen molar-refractivity contribution < 1.29 is 19.0 Å². The van der Waals surface area contributed by atoms with Crippen molar-refractivity contribution in [1.29, 1.82) is 0 Å². The number of hydrogen-bond donors (Lipinski definition) is 0. The lowest BCUT2D eigenvalue weighted by atomic mass is 10.1. The summed E-state index contributed by atoms with van der Waals surface area (Å²) < 4.78 is 16.7. The minimum atomic E-state index is -0.751. The van der Waals surface area contributed by atoms with Gasteiger partial charge in [0.1, 0.15) is 12.4 Å². The highest BCUT2D eigenvalue weighted by atomic mass is 16.6. The van der Waals surface area contributed by atoms with Gasteiger partial charge in [0.25, 0.3) is 0 Å². The molecular weight excluding hydrogens is 268 g/mol. The third kappa shape index (κ3) is 2.70. The number of fused-ring (bicyclic) bond motifs is 1. The van der Waals surface area contributed by atoms with Crippen LogP contribution in [0.15, 0.2) is 42.5 Å². The minimum absolute atomic E-state index is 0.154. The number of aryl methyl sites for hydroxylation is 2. The molecule has 21 heavy (non-hydrogen) atoms. The first kappa shape index (κ1) is 13.5. The third-order valence-corrected chi connectivity index (χ3v) is 3.38. The molecule has 0 spiro atoms. The normalized spacial score (nSPS) is 16.4. The SMILES string of the molecule is Cc1cccc(C)c1OC(=O)[C@H]1COc2ccccc2O1. The maximum atomic E-state index is 12.3. The van der Waals surface area contributed by atoms with Crippen LogP contribution in [0.1, 0.15) is 11.1 Å². The minimum Gasteiger partial charge on any atom is -0.485 e. The number of carbonyl (C=O) groups excluding carboxylic acids is 1. The number of rotatable bonds is 2. The summed E-state index contributed by atoms with van der Waals surface area (Å²) in [6.45, 7) is 3.97. The standard InChI is InChI=1S/C17H16O4/c1-11-6-5-7-12(2)16(11)21-17(18)15-10-19-13-8-3-4-9-14(13)20-15/h3-9,15H,10H2,1-2H3/t15-/m1/s1. The number of esters is 1. The van der Waals surface area contributed by atoms with Crippen LogP contribution in [-0.2, 0) is 4.79 Å². The van der Waals surface area contributed by atoms with Crippen LogP contribution < -0.4 is 14.2 Å². The van der Waals surface area contributed by atoms with Crippen molar-refractivity contribution in [2.45, 2.75) is 20.0 Å². The highest BCUT2D eigenvalue weighted by Crippen LogP contribution is 2.31. The Kier molecular flexibility index (Phi) is 3.52. The molecule has 1 atom stereocenters. The maximum absolute atomic E-state index is 12.3. The number of ether oxygens (including phenoxy) is 3. The van der Waals surface area contributed by atoms with E-state index in [0.717, 1.165) is 11.1 Å². The summed E-state index contributed by atoms with van der Waals surface area (Å²) in [7, 11) is 0. The van der Waals surface area contributed by atoms with Gasteiger partial charge in [-0.2, -0.15) is 0 Å². The first-order chi connectivity index (χ1) is 10.1. The van der Waals surface area contributed by atoms with E-state index < -0.39 is 12.1 Å². The molecule has 3 rings (SSSR count). The Labute approximate surface area is 123 Å². The van der Waals surface area contributed by atoms with Crippen LogP contribution in [-0.4, -0.2) is 18.7 Å². The molecule has 0 unspecified atom stereocenters. The van der Waals surface area contributed by atoms with E-state index in [9.17, 15) is 4.79 Å².